The molecule has 0 bridgehead atoms. The number of rotatable bonds is 4. The highest BCUT2D eigenvalue weighted by Gasteiger charge is 2.16. The molecule has 0 N–H and O–H groups in total. The molecule has 0 fully saturated rings. The lowest BCUT2D eigenvalue weighted by molar-refractivity contribution is 0.324. The summed E-state index contributed by atoms with van der Waals surface area (Å²) in [5, 5.41) is 1.05. The summed E-state index contributed by atoms with van der Waals surface area (Å²) in [6, 6.07) is 11.6. The Kier molecular flexibility index (Phi) is 4.02. The second kappa shape index (κ2) is 6.12. The number of hydrogen-bond acceptors (Lipinski definition) is 5. The second-order valence-corrected chi connectivity index (χ2v) is 5.06. The lowest BCUT2D eigenvalue weighted by Crippen LogP contribution is -1.98. The van der Waals surface area contributed by atoms with E-state index in [2.05, 4.69) is 9.97 Å². The van der Waals surface area contributed by atoms with Gasteiger partial charge in [-0.25, -0.2) is 9.97 Å². The minimum atomic E-state index is 0.552. The normalized spacial score (nSPS) is 10.6. The van der Waals surface area contributed by atoms with Crippen LogP contribution in [0, 0.1) is 6.92 Å². The van der Waals surface area contributed by atoms with E-state index in [-0.39, 0.29) is 0 Å². The highest BCUT2D eigenvalue weighted by atomic mass is 16.5. The molecule has 0 radical (unpaired) electrons. The highest BCUT2D eigenvalue weighted by Crippen LogP contribution is 2.40. The number of aromatic nitrogens is 2. The van der Waals surface area contributed by atoms with Crippen molar-refractivity contribution in [2.75, 3.05) is 21.3 Å². The molecule has 0 saturated heterocycles. The highest BCUT2D eigenvalue weighted by molar-refractivity contribution is 5.82. The van der Waals surface area contributed by atoms with E-state index in [4.69, 9.17) is 14.2 Å². The monoisotopic (exact) mass is 310 g/mol. The van der Waals surface area contributed by atoms with E-state index in [1.54, 1.807) is 21.3 Å². The fourth-order valence-corrected chi connectivity index (χ4v) is 2.57. The molecule has 0 atom stereocenters. The number of ether oxygens (including phenoxy) is 3. The molecule has 0 aliphatic heterocycles. The molecule has 1 heterocycles. The average Bonchev–Trinajstić information content (AvgIpc) is 2.60. The van der Waals surface area contributed by atoms with Crippen LogP contribution < -0.4 is 14.2 Å². The summed E-state index contributed by atoms with van der Waals surface area (Å²) >= 11 is 0. The number of fused-ring (bicyclic) bond motifs is 1. The van der Waals surface area contributed by atoms with Crippen LogP contribution in [-0.2, 0) is 0 Å². The third kappa shape index (κ3) is 2.65. The maximum atomic E-state index is 5.40. The Morgan fingerprint density at radius 1 is 0.826 bits per heavy atom. The van der Waals surface area contributed by atoms with E-state index in [0.29, 0.717) is 23.1 Å². The van der Waals surface area contributed by atoms with Gasteiger partial charge in [0.25, 0.3) is 0 Å². The van der Waals surface area contributed by atoms with Crippen LogP contribution in [0.15, 0.2) is 36.4 Å². The van der Waals surface area contributed by atoms with Crippen molar-refractivity contribution in [2.24, 2.45) is 0 Å². The van der Waals surface area contributed by atoms with Gasteiger partial charge in [0, 0.05) is 16.6 Å². The van der Waals surface area contributed by atoms with Crippen LogP contribution in [0.1, 0.15) is 5.69 Å². The Morgan fingerprint density at radius 2 is 1.48 bits per heavy atom. The van der Waals surface area contributed by atoms with Crippen molar-refractivity contribution in [2.45, 2.75) is 6.92 Å². The van der Waals surface area contributed by atoms with Crippen LogP contribution in [0.25, 0.3) is 22.3 Å². The van der Waals surface area contributed by atoms with Crippen LogP contribution in [0.2, 0.25) is 0 Å². The van der Waals surface area contributed by atoms with Gasteiger partial charge in [-0.3, -0.25) is 0 Å². The van der Waals surface area contributed by atoms with Gasteiger partial charge in [-0.15, -0.1) is 0 Å². The Hall–Kier alpha value is -2.82. The van der Waals surface area contributed by atoms with Crippen molar-refractivity contribution in [3.63, 3.8) is 0 Å². The average molecular weight is 310 g/mol. The van der Waals surface area contributed by atoms with Crippen LogP contribution in [0.5, 0.6) is 17.2 Å². The first-order valence-electron chi connectivity index (χ1n) is 7.21. The Balaban J connectivity index is 2.22. The minimum absolute atomic E-state index is 0.552. The zero-order valence-electron chi connectivity index (χ0n) is 13.6. The van der Waals surface area contributed by atoms with Gasteiger partial charge in [0.1, 0.15) is 0 Å². The summed E-state index contributed by atoms with van der Waals surface area (Å²) in [5.74, 6) is 2.34. The molecular formula is C18H18N2O3. The lowest BCUT2D eigenvalue weighted by atomic mass is 10.1. The molecule has 5 heteroatoms. The largest absolute Gasteiger partial charge is 0.493 e. The van der Waals surface area contributed by atoms with Gasteiger partial charge in [-0.05, 0) is 25.1 Å². The quantitative estimate of drug-likeness (QED) is 0.736. The van der Waals surface area contributed by atoms with E-state index >= 15 is 0 Å². The molecule has 118 valence electrons. The fourth-order valence-electron chi connectivity index (χ4n) is 2.57. The molecule has 0 aliphatic carbocycles. The topological polar surface area (TPSA) is 53.5 Å². The zero-order chi connectivity index (χ0) is 16.4. The summed E-state index contributed by atoms with van der Waals surface area (Å²) < 4.78 is 16.1. The third-order valence-electron chi connectivity index (χ3n) is 3.72. The number of aryl methyl sites for hydroxylation is 1. The van der Waals surface area contributed by atoms with Gasteiger partial charge in [-0.1, -0.05) is 18.2 Å². The SMILES string of the molecule is COc1cc(-c2nc(C)c3ccccc3n2)cc(OC)c1OC. The molecule has 0 aliphatic rings. The maximum absolute atomic E-state index is 5.40. The lowest BCUT2D eigenvalue weighted by Gasteiger charge is -2.14. The molecule has 3 aromatic rings. The smallest absolute Gasteiger partial charge is 0.203 e. The summed E-state index contributed by atoms with van der Waals surface area (Å²) in [5.41, 5.74) is 2.65. The van der Waals surface area contributed by atoms with Gasteiger partial charge in [-0.2, -0.15) is 0 Å². The van der Waals surface area contributed by atoms with Crippen molar-refractivity contribution in [1.82, 2.24) is 9.97 Å². The van der Waals surface area contributed by atoms with Crippen LogP contribution >= 0.6 is 0 Å². The third-order valence-corrected chi connectivity index (χ3v) is 3.72. The van der Waals surface area contributed by atoms with Gasteiger partial charge in [0.15, 0.2) is 17.3 Å². The summed E-state index contributed by atoms with van der Waals surface area (Å²) in [6.45, 7) is 1.98. The predicted octanol–water partition coefficient (Wildman–Crippen LogP) is 3.63. The van der Waals surface area contributed by atoms with Crippen molar-refractivity contribution in [1.29, 1.82) is 0 Å². The Bertz CT molecular complexity index is 837. The number of methoxy groups -OCH3 is 3. The molecule has 23 heavy (non-hydrogen) atoms. The maximum Gasteiger partial charge on any atom is 0.203 e. The zero-order valence-corrected chi connectivity index (χ0v) is 13.6. The first-order chi connectivity index (χ1) is 11.2. The first kappa shape index (κ1) is 15.1. The van der Waals surface area contributed by atoms with E-state index in [0.717, 1.165) is 22.2 Å². The molecule has 1 aromatic heterocycles. The molecule has 0 spiro atoms. The Morgan fingerprint density at radius 3 is 2.09 bits per heavy atom. The molecule has 3 rings (SSSR count). The van der Waals surface area contributed by atoms with Crippen LogP contribution in [-0.4, -0.2) is 31.3 Å². The van der Waals surface area contributed by atoms with Gasteiger partial charge in [0.2, 0.25) is 5.75 Å². The number of nitrogens with zero attached hydrogens (tertiary/aromatic N) is 2. The second-order valence-electron chi connectivity index (χ2n) is 5.06. The van der Waals surface area contributed by atoms with Crippen LogP contribution in [0.4, 0.5) is 0 Å². The molecule has 2 aromatic carbocycles. The number of para-hydroxylation sites is 1. The predicted molar refractivity (Wildman–Crippen MR) is 89.4 cm³/mol. The van der Waals surface area contributed by atoms with Gasteiger partial charge < -0.3 is 14.2 Å². The van der Waals surface area contributed by atoms with Crippen molar-refractivity contribution in [3.8, 4) is 28.6 Å². The van der Waals surface area contributed by atoms with E-state index in [9.17, 15) is 0 Å². The van der Waals surface area contributed by atoms with E-state index < -0.39 is 0 Å². The van der Waals surface area contributed by atoms with Gasteiger partial charge >= 0.3 is 0 Å². The minimum Gasteiger partial charge on any atom is -0.493 e. The van der Waals surface area contributed by atoms with Crippen molar-refractivity contribution in [3.05, 3.63) is 42.1 Å². The summed E-state index contributed by atoms with van der Waals surface area (Å²) in [6.07, 6.45) is 0. The summed E-state index contributed by atoms with van der Waals surface area (Å²) in [7, 11) is 4.76. The summed E-state index contributed by atoms with van der Waals surface area (Å²) in [4.78, 5) is 9.26. The van der Waals surface area contributed by atoms with Crippen molar-refractivity contribution < 1.29 is 14.2 Å². The number of benzene rings is 2. The molecule has 0 saturated carbocycles. The van der Waals surface area contributed by atoms with E-state index in [1.165, 1.54) is 0 Å². The molecule has 5 nitrogen and oxygen atoms in total. The molecular weight excluding hydrogens is 292 g/mol. The van der Waals surface area contributed by atoms with Gasteiger partial charge in [0.05, 0.1) is 26.8 Å². The van der Waals surface area contributed by atoms with Crippen molar-refractivity contribution >= 4 is 10.9 Å². The van der Waals surface area contributed by atoms with Crippen LogP contribution in [0.3, 0.4) is 0 Å². The van der Waals surface area contributed by atoms with E-state index in [1.807, 2.05) is 43.3 Å². The standard InChI is InChI=1S/C18H18N2O3/c1-11-13-7-5-6-8-14(13)20-18(19-11)12-9-15(21-2)17(23-4)16(10-12)22-3/h5-10H,1-4H3. The fraction of sp³-hybridized carbons (Fsp3) is 0.222. The number of hydrogen-bond donors (Lipinski definition) is 0. The molecule has 0 amide bonds. The molecule has 0 unspecified atom stereocenters. The first-order valence-corrected chi connectivity index (χ1v) is 7.21. The Labute approximate surface area is 134 Å².